The Hall–Kier alpha value is -3.34. The Morgan fingerprint density at radius 2 is 1.76 bits per heavy atom. The number of esters is 1. The van der Waals surface area contributed by atoms with Gasteiger partial charge in [-0.05, 0) is 56.4 Å². The predicted octanol–water partition coefficient (Wildman–Crippen LogP) is 5.25. The molecule has 0 aromatic heterocycles. The summed E-state index contributed by atoms with van der Waals surface area (Å²) in [4.78, 5) is 26.7. The summed E-state index contributed by atoms with van der Waals surface area (Å²) in [6, 6.07) is 17.7. The van der Waals surface area contributed by atoms with Gasteiger partial charge < -0.3 is 14.8 Å². The molecule has 33 heavy (non-hydrogen) atoms. The Labute approximate surface area is 195 Å². The molecule has 4 rings (SSSR count). The first-order valence-corrected chi connectivity index (χ1v) is 11.6. The zero-order chi connectivity index (χ0) is 23.5. The molecule has 3 atom stereocenters. The Kier molecular flexibility index (Phi) is 6.68. The molecule has 5 heteroatoms. The molecule has 0 amide bonds. The average molecular weight is 446 g/mol. The summed E-state index contributed by atoms with van der Waals surface area (Å²) in [5.41, 5.74) is 4.12. The third-order valence-corrected chi connectivity index (χ3v) is 6.27. The lowest BCUT2D eigenvalue weighted by Crippen LogP contribution is -2.42. The van der Waals surface area contributed by atoms with E-state index in [0.717, 1.165) is 22.6 Å². The maximum Gasteiger partial charge on any atom is 0.316 e. The normalized spacial score (nSPS) is 22.6. The Balaban J connectivity index is 1.77. The van der Waals surface area contributed by atoms with Gasteiger partial charge in [-0.15, -0.1) is 0 Å². The number of benzene rings is 2. The van der Waals surface area contributed by atoms with Crippen LogP contribution in [0.4, 0.5) is 0 Å². The minimum atomic E-state index is -0.679. The molecule has 0 fully saturated rings. The van der Waals surface area contributed by atoms with E-state index in [0.29, 0.717) is 30.7 Å². The summed E-state index contributed by atoms with van der Waals surface area (Å²) in [5.74, 6) is -0.583. The highest BCUT2D eigenvalue weighted by atomic mass is 16.5. The van der Waals surface area contributed by atoms with Gasteiger partial charge in [-0.2, -0.15) is 0 Å². The molecule has 0 bridgehead atoms. The van der Waals surface area contributed by atoms with Crippen LogP contribution in [0.2, 0.25) is 0 Å². The zero-order valence-electron chi connectivity index (χ0n) is 19.5. The van der Waals surface area contributed by atoms with Gasteiger partial charge in [-0.25, -0.2) is 0 Å². The molecular weight excluding hydrogens is 414 g/mol. The van der Waals surface area contributed by atoms with E-state index in [2.05, 4.69) is 24.0 Å². The van der Waals surface area contributed by atoms with Crippen molar-refractivity contribution in [3.63, 3.8) is 0 Å². The van der Waals surface area contributed by atoms with Gasteiger partial charge in [-0.3, -0.25) is 9.59 Å². The molecule has 2 aromatic carbocycles. The number of rotatable bonds is 6. The lowest BCUT2D eigenvalue weighted by molar-refractivity contribution is -0.151. The maximum atomic E-state index is 13.6. The van der Waals surface area contributed by atoms with E-state index in [1.54, 1.807) is 0 Å². The van der Waals surface area contributed by atoms with Gasteiger partial charge >= 0.3 is 5.97 Å². The first kappa shape index (κ1) is 22.8. The molecule has 5 nitrogen and oxygen atoms in total. The highest BCUT2D eigenvalue weighted by Crippen LogP contribution is 2.47. The van der Waals surface area contributed by atoms with Crippen LogP contribution in [-0.2, 0) is 14.3 Å². The highest BCUT2D eigenvalue weighted by molar-refractivity contribution is 6.01. The van der Waals surface area contributed by atoms with Crippen LogP contribution in [0.3, 0.4) is 0 Å². The number of Topliss-reactive ketones (excluding diaryl/α,β-unsaturated/α-hetero) is 1. The van der Waals surface area contributed by atoms with Gasteiger partial charge in [0.15, 0.2) is 5.78 Å². The standard InChI is InChI=1S/C28H31NO4/c1-5-32-22-13-11-20(12-14-22)26-25(28(31)33-17(2)3)18(4)29-23-15-21(16-24(30)27(23)26)19-9-7-6-8-10-19/h6-14,17,21,25-26,29H,4-5,15-16H2,1-3H3. The minimum Gasteiger partial charge on any atom is -0.494 e. The van der Waals surface area contributed by atoms with E-state index in [9.17, 15) is 9.59 Å². The monoisotopic (exact) mass is 445 g/mol. The minimum absolute atomic E-state index is 0.0614. The second kappa shape index (κ2) is 9.65. The van der Waals surface area contributed by atoms with Crippen molar-refractivity contribution in [2.24, 2.45) is 5.92 Å². The van der Waals surface area contributed by atoms with Gasteiger partial charge in [0.25, 0.3) is 0 Å². The first-order valence-electron chi connectivity index (χ1n) is 11.6. The zero-order valence-corrected chi connectivity index (χ0v) is 19.5. The van der Waals surface area contributed by atoms with E-state index in [1.807, 2.05) is 63.2 Å². The van der Waals surface area contributed by atoms with Crippen LogP contribution in [0.5, 0.6) is 5.75 Å². The third kappa shape index (κ3) is 4.72. The van der Waals surface area contributed by atoms with Crippen molar-refractivity contribution in [1.82, 2.24) is 5.32 Å². The van der Waals surface area contributed by atoms with E-state index < -0.39 is 11.8 Å². The lowest BCUT2D eigenvalue weighted by atomic mass is 9.69. The molecule has 172 valence electrons. The molecule has 1 aliphatic heterocycles. The number of hydrogen-bond acceptors (Lipinski definition) is 5. The molecule has 1 N–H and O–H groups in total. The molecule has 2 aliphatic rings. The van der Waals surface area contributed by atoms with Gasteiger partial charge in [0.05, 0.1) is 12.7 Å². The molecule has 0 radical (unpaired) electrons. The topological polar surface area (TPSA) is 64.6 Å². The number of hydrogen-bond donors (Lipinski definition) is 1. The smallest absolute Gasteiger partial charge is 0.316 e. The maximum absolute atomic E-state index is 13.6. The summed E-state index contributed by atoms with van der Waals surface area (Å²) < 4.78 is 11.2. The van der Waals surface area contributed by atoms with Crippen LogP contribution in [-0.4, -0.2) is 24.5 Å². The van der Waals surface area contributed by atoms with Crippen molar-refractivity contribution in [3.8, 4) is 5.75 Å². The van der Waals surface area contributed by atoms with Crippen molar-refractivity contribution in [1.29, 1.82) is 0 Å². The van der Waals surface area contributed by atoms with Crippen molar-refractivity contribution >= 4 is 11.8 Å². The average Bonchev–Trinajstić information content (AvgIpc) is 2.79. The van der Waals surface area contributed by atoms with Crippen LogP contribution in [0.25, 0.3) is 0 Å². The van der Waals surface area contributed by atoms with Gasteiger partial charge in [0, 0.05) is 29.3 Å². The first-order chi connectivity index (χ1) is 15.9. The summed E-state index contributed by atoms with van der Waals surface area (Å²) in [6.07, 6.45) is 0.853. The summed E-state index contributed by atoms with van der Waals surface area (Å²) in [7, 11) is 0. The van der Waals surface area contributed by atoms with Crippen LogP contribution < -0.4 is 10.1 Å². The molecule has 3 unspecified atom stereocenters. The summed E-state index contributed by atoms with van der Waals surface area (Å²) in [5, 5.41) is 3.32. The second-order valence-corrected chi connectivity index (χ2v) is 8.92. The highest BCUT2D eigenvalue weighted by Gasteiger charge is 2.45. The van der Waals surface area contributed by atoms with Crippen LogP contribution >= 0.6 is 0 Å². The Morgan fingerprint density at radius 3 is 2.39 bits per heavy atom. The van der Waals surface area contributed by atoms with Crippen molar-refractivity contribution < 1.29 is 19.1 Å². The van der Waals surface area contributed by atoms with Gasteiger partial charge in [0.1, 0.15) is 11.7 Å². The fourth-order valence-corrected chi connectivity index (χ4v) is 4.89. The van der Waals surface area contributed by atoms with E-state index in [-0.39, 0.29) is 23.8 Å². The van der Waals surface area contributed by atoms with Crippen molar-refractivity contribution in [2.45, 2.75) is 51.6 Å². The summed E-state index contributed by atoms with van der Waals surface area (Å²) >= 11 is 0. The van der Waals surface area contributed by atoms with Gasteiger partial charge in [-0.1, -0.05) is 49.0 Å². The predicted molar refractivity (Wildman–Crippen MR) is 128 cm³/mol. The van der Waals surface area contributed by atoms with Crippen LogP contribution in [0.1, 0.15) is 56.6 Å². The van der Waals surface area contributed by atoms with E-state index in [4.69, 9.17) is 9.47 Å². The number of ketones is 1. The van der Waals surface area contributed by atoms with Crippen LogP contribution in [0, 0.1) is 5.92 Å². The van der Waals surface area contributed by atoms with E-state index >= 15 is 0 Å². The molecule has 1 heterocycles. The molecule has 0 spiro atoms. The Morgan fingerprint density at radius 1 is 1.06 bits per heavy atom. The number of nitrogens with one attached hydrogen (secondary N) is 1. The fourth-order valence-electron chi connectivity index (χ4n) is 4.89. The summed E-state index contributed by atoms with van der Waals surface area (Å²) in [6.45, 7) is 10.3. The Bertz CT molecular complexity index is 1070. The number of allylic oxidation sites excluding steroid dienone is 2. The van der Waals surface area contributed by atoms with Gasteiger partial charge in [0.2, 0.25) is 0 Å². The molecular formula is C28H31NO4. The lowest BCUT2D eigenvalue weighted by Gasteiger charge is -2.40. The number of carbonyl (C=O) groups is 2. The number of ether oxygens (including phenoxy) is 2. The van der Waals surface area contributed by atoms with Crippen molar-refractivity contribution in [3.05, 3.63) is 89.3 Å². The largest absolute Gasteiger partial charge is 0.494 e. The van der Waals surface area contributed by atoms with Crippen LogP contribution in [0.15, 0.2) is 78.1 Å². The third-order valence-electron chi connectivity index (χ3n) is 6.27. The fraction of sp³-hybridized carbons (Fsp3) is 0.357. The molecule has 0 saturated heterocycles. The molecule has 2 aromatic rings. The second-order valence-electron chi connectivity index (χ2n) is 8.92. The quantitative estimate of drug-likeness (QED) is 0.615. The molecule has 1 aliphatic carbocycles. The SMILES string of the molecule is C=C1NC2=C(C(=O)CC(c3ccccc3)C2)C(c2ccc(OCC)cc2)C1C(=O)OC(C)C. The van der Waals surface area contributed by atoms with E-state index in [1.165, 1.54) is 0 Å². The van der Waals surface area contributed by atoms with Crippen molar-refractivity contribution in [2.75, 3.05) is 6.61 Å². The number of carbonyl (C=O) groups excluding carboxylic acids is 2. The molecule has 0 saturated carbocycles.